The lowest BCUT2D eigenvalue weighted by Gasteiger charge is -2.16. The highest BCUT2D eigenvalue weighted by Crippen LogP contribution is 2.17. The number of hydrogen-bond acceptors (Lipinski definition) is 2. The van der Waals surface area contributed by atoms with Crippen molar-refractivity contribution in [2.75, 3.05) is 0 Å². The SMILES string of the molecule is Cc1c(CN[C@H](C)c2ccc(F)cc2)cccc1C(=O)O.Cl. The Kier molecular flexibility index (Phi) is 6.53. The predicted molar refractivity (Wildman–Crippen MR) is 87.0 cm³/mol. The summed E-state index contributed by atoms with van der Waals surface area (Å²) in [5, 5.41) is 12.4. The third-order valence-corrected chi connectivity index (χ3v) is 3.65. The van der Waals surface area contributed by atoms with Gasteiger partial charge in [-0.2, -0.15) is 0 Å². The molecule has 1 atom stereocenters. The highest BCUT2D eigenvalue weighted by Gasteiger charge is 2.11. The Labute approximate surface area is 135 Å². The van der Waals surface area contributed by atoms with Gasteiger partial charge in [0, 0.05) is 12.6 Å². The molecule has 0 radical (unpaired) electrons. The van der Waals surface area contributed by atoms with Crippen LogP contribution in [-0.2, 0) is 6.54 Å². The molecule has 0 spiro atoms. The molecule has 0 unspecified atom stereocenters. The summed E-state index contributed by atoms with van der Waals surface area (Å²) in [6.07, 6.45) is 0. The molecule has 5 heteroatoms. The molecule has 0 fully saturated rings. The lowest BCUT2D eigenvalue weighted by molar-refractivity contribution is 0.0696. The minimum atomic E-state index is -0.916. The Morgan fingerprint density at radius 2 is 1.86 bits per heavy atom. The fourth-order valence-corrected chi connectivity index (χ4v) is 2.24. The van der Waals surface area contributed by atoms with E-state index in [0.717, 1.165) is 16.7 Å². The normalized spacial score (nSPS) is 11.6. The molecule has 2 N–H and O–H groups in total. The van der Waals surface area contributed by atoms with Gasteiger partial charge in [-0.1, -0.05) is 24.3 Å². The third kappa shape index (κ3) is 4.29. The van der Waals surface area contributed by atoms with E-state index in [4.69, 9.17) is 5.11 Å². The van der Waals surface area contributed by atoms with Crippen molar-refractivity contribution >= 4 is 18.4 Å². The number of carboxylic acids is 1. The second-order valence-corrected chi connectivity index (χ2v) is 5.05. The van der Waals surface area contributed by atoms with Crippen LogP contribution in [0.25, 0.3) is 0 Å². The van der Waals surface area contributed by atoms with Crippen LogP contribution >= 0.6 is 12.4 Å². The monoisotopic (exact) mass is 323 g/mol. The van der Waals surface area contributed by atoms with Gasteiger partial charge in [0.2, 0.25) is 0 Å². The smallest absolute Gasteiger partial charge is 0.335 e. The first kappa shape index (κ1) is 18.1. The summed E-state index contributed by atoms with van der Waals surface area (Å²) < 4.78 is 12.9. The van der Waals surface area contributed by atoms with E-state index in [1.165, 1.54) is 12.1 Å². The predicted octanol–water partition coefficient (Wildman–Crippen LogP) is 4.10. The van der Waals surface area contributed by atoms with Crippen molar-refractivity contribution in [2.24, 2.45) is 0 Å². The van der Waals surface area contributed by atoms with Crippen molar-refractivity contribution in [2.45, 2.75) is 26.4 Å². The molecule has 0 amide bonds. The summed E-state index contributed by atoms with van der Waals surface area (Å²) in [6, 6.07) is 11.7. The van der Waals surface area contributed by atoms with Crippen molar-refractivity contribution < 1.29 is 14.3 Å². The molecule has 0 aliphatic heterocycles. The molecule has 22 heavy (non-hydrogen) atoms. The zero-order valence-electron chi connectivity index (χ0n) is 12.5. The summed E-state index contributed by atoms with van der Waals surface area (Å²) in [5.74, 6) is -1.17. The molecule has 0 aliphatic carbocycles. The maximum Gasteiger partial charge on any atom is 0.335 e. The number of nitrogens with one attached hydrogen (secondary N) is 1. The van der Waals surface area contributed by atoms with E-state index in [-0.39, 0.29) is 24.3 Å². The number of halogens is 2. The number of benzene rings is 2. The third-order valence-electron chi connectivity index (χ3n) is 3.65. The van der Waals surface area contributed by atoms with E-state index in [2.05, 4.69) is 5.32 Å². The topological polar surface area (TPSA) is 49.3 Å². The fourth-order valence-electron chi connectivity index (χ4n) is 2.24. The number of carboxylic acid groups (broad SMARTS) is 1. The van der Waals surface area contributed by atoms with Crippen LogP contribution in [0.15, 0.2) is 42.5 Å². The standard InChI is InChI=1S/C17H18FNO2.ClH/c1-11-14(4-3-5-16(11)17(20)21)10-19-12(2)13-6-8-15(18)9-7-13;/h3-9,12,19H,10H2,1-2H3,(H,20,21);1H/t12-;/m1./s1. The molecule has 2 rings (SSSR count). The first-order chi connectivity index (χ1) is 9.99. The van der Waals surface area contributed by atoms with Crippen LogP contribution in [-0.4, -0.2) is 11.1 Å². The second kappa shape index (κ2) is 7.92. The summed E-state index contributed by atoms with van der Waals surface area (Å²) in [6.45, 7) is 4.36. The van der Waals surface area contributed by atoms with Gasteiger partial charge in [0.15, 0.2) is 0 Å². The summed E-state index contributed by atoms with van der Waals surface area (Å²) in [7, 11) is 0. The van der Waals surface area contributed by atoms with Crippen molar-refractivity contribution in [3.05, 3.63) is 70.5 Å². The van der Waals surface area contributed by atoms with Crippen LogP contribution in [0.5, 0.6) is 0 Å². The molecular weight excluding hydrogens is 305 g/mol. The van der Waals surface area contributed by atoms with Crippen LogP contribution < -0.4 is 5.32 Å². The van der Waals surface area contributed by atoms with Crippen LogP contribution in [0.4, 0.5) is 4.39 Å². The van der Waals surface area contributed by atoms with Crippen LogP contribution in [0.3, 0.4) is 0 Å². The molecule has 118 valence electrons. The first-order valence-corrected chi connectivity index (χ1v) is 6.79. The van der Waals surface area contributed by atoms with E-state index in [1.54, 1.807) is 24.3 Å². The highest BCUT2D eigenvalue weighted by atomic mass is 35.5. The molecule has 2 aromatic rings. The Hall–Kier alpha value is -1.91. The molecule has 0 aliphatic rings. The van der Waals surface area contributed by atoms with E-state index >= 15 is 0 Å². The van der Waals surface area contributed by atoms with Gasteiger partial charge in [0.1, 0.15) is 5.82 Å². The Morgan fingerprint density at radius 3 is 2.45 bits per heavy atom. The molecule has 0 heterocycles. The molecule has 0 saturated heterocycles. The molecule has 0 saturated carbocycles. The van der Waals surface area contributed by atoms with E-state index < -0.39 is 5.97 Å². The fraction of sp³-hybridized carbons (Fsp3) is 0.235. The summed E-state index contributed by atoms with van der Waals surface area (Å²) in [5.41, 5.74) is 3.03. The van der Waals surface area contributed by atoms with Gasteiger partial charge < -0.3 is 10.4 Å². The zero-order valence-corrected chi connectivity index (χ0v) is 13.3. The molecule has 2 aromatic carbocycles. The van der Waals surface area contributed by atoms with Crippen LogP contribution in [0.2, 0.25) is 0 Å². The minimum absolute atomic E-state index is 0. The lowest BCUT2D eigenvalue weighted by Crippen LogP contribution is -2.19. The van der Waals surface area contributed by atoms with Gasteiger partial charge in [-0.05, 0) is 48.7 Å². The number of rotatable bonds is 5. The highest BCUT2D eigenvalue weighted by molar-refractivity contribution is 5.89. The molecule has 3 nitrogen and oxygen atoms in total. The summed E-state index contributed by atoms with van der Waals surface area (Å²) >= 11 is 0. The minimum Gasteiger partial charge on any atom is -0.478 e. The van der Waals surface area contributed by atoms with Gasteiger partial charge in [0.25, 0.3) is 0 Å². The van der Waals surface area contributed by atoms with Crippen molar-refractivity contribution in [3.8, 4) is 0 Å². The van der Waals surface area contributed by atoms with Crippen LogP contribution in [0.1, 0.15) is 40.0 Å². The molecule has 0 bridgehead atoms. The largest absolute Gasteiger partial charge is 0.478 e. The second-order valence-electron chi connectivity index (χ2n) is 5.05. The number of hydrogen-bond donors (Lipinski definition) is 2. The van der Waals surface area contributed by atoms with Crippen molar-refractivity contribution in [1.29, 1.82) is 0 Å². The lowest BCUT2D eigenvalue weighted by atomic mass is 10.0. The summed E-state index contributed by atoms with van der Waals surface area (Å²) in [4.78, 5) is 11.1. The molecular formula is C17H19ClFNO2. The Bertz CT molecular complexity index is 644. The quantitative estimate of drug-likeness (QED) is 0.870. The number of carbonyl (C=O) groups is 1. The first-order valence-electron chi connectivity index (χ1n) is 6.79. The van der Waals surface area contributed by atoms with Crippen LogP contribution in [0, 0.1) is 12.7 Å². The van der Waals surface area contributed by atoms with E-state index in [1.807, 2.05) is 19.9 Å². The van der Waals surface area contributed by atoms with Gasteiger partial charge in [0.05, 0.1) is 5.56 Å². The maximum absolute atomic E-state index is 12.9. The maximum atomic E-state index is 12.9. The van der Waals surface area contributed by atoms with Gasteiger partial charge >= 0.3 is 5.97 Å². The van der Waals surface area contributed by atoms with Crippen molar-refractivity contribution in [1.82, 2.24) is 5.32 Å². The molecule has 0 aromatic heterocycles. The Morgan fingerprint density at radius 1 is 1.23 bits per heavy atom. The zero-order chi connectivity index (χ0) is 15.4. The van der Waals surface area contributed by atoms with Gasteiger partial charge in [-0.15, -0.1) is 12.4 Å². The van der Waals surface area contributed by atoms with E-state index in [0.29, 0.717) is 12.1 Å². The number of aromatic carboxylic acids is 1. The van der Waals surface area contributed by atoms with Crippen molar-refractivity contribution in [3.63, 3.8) is 0 Å². The van der Waals surface area contributed by atoms with Gasteiger partial charge in [-0.3, -0.25) is 0 Å². The average Bonchev–Trinajstić information content (AvgIpc) is 2.46. The average molecular weight is 324 g/mol. The van der Waals surface area contributed by atoms with E-state index in [9.17, 15) is 9.18 Å². The Balaban J connectivity index is 0.00000242. The van der Waals surface area contributed by atoms with Gasteiger partial charge in [-0.25, -0.2) is 9.18 Å².